The minimum Gasteiger partial charge on any atom is -0.454 e. The van der Waals surface area contributed by atoms with Gasteiger partial charge >= 0.3 is 5.97 Å². The largest absolute Gasteiger partial charge is 0.454 e. The lowest BCUT2D eigenvalue weighted by Gasteiger charge is -2.14. The number of esters is 1. The second-order valence-corrected chi connectivity index (χ2v) is 9.29. The summed E-state index contributed by atoms with van der Waals surface area (Å²) in [6.07, 6.45) is 1.20. The first-order chi connectivity index (χ1) is 15.8. The Labute approximate surface area is 194 Å². The van der Waals surface area contributed by atoms with Crippen LogP contribution in [0.25, 0.3) is 10.9 Å². The van der Waals surface area contributed by atoms with E-state index in [0.29, 0.717) is 28.1 Å². The molecule has 1 N–H and O–H groups in total. The highest BCUT2D eigenvalue weighted by atomic mass is 32.1. The Hall–Kier alpha value is -3.33. The lowest BCUT2D eigenvalue weighted by molar-refractivity contribution is -0.146. The van der Waals surface area contributed by atoms with Gasteiger partial charge in [0, 0.05) is 24.3 Å². The molecule has 4 rings (SSSR count). The van der Waals surface area contributed by atoms with Crippen LogP contribution in [0.2, 0.25) is 0 Å². The normalized spacial score (nSPS) is 14.1. The van der Waals surface area contributed by atoms with Crippen LogP contribution in [0.3, 0.4) is 0 Å². The molecule has 0 aliphatic heterocycles. The first-order valence-electron chi connectivity index (χ1n) is 10.9. The summed E-state index contributed by atoms with van der Waals surface area (Å²) >= 11 is 1.26. The van der Waals surface area contributed by atoms with Crippen molar-refractivity contribution in [1.82, 2.24) is 14.9 Å². The number of ether oxygens (including phenoxy) is 1. The number of amides is 1. The lowest BCUT2D eigenvalue weighted by Crippen LogP contribution is -2.26. The molecule has 1 fully saturated rings. The number of hydrogen-bond acceptors (Lipinski definition) is 7. The molecule has 3 aromatic rings. The van der Waals surface area contributed by atoms with E-state index in [-0.39, 0.29) is 36.1 Å². The first-order valence-corrected chi connectivity index (χ1v) is 11.7. The molecule has 0 radical (unpaired) electrons. The molecule has 1 amide bonds. The van der Waals surface area contributed by atoms with Crippen molar-refractivity contribution in [3.63, 3.8) is 0 Å². The van der Waals surface area contributed by atoms with Gasteiger partial charge in [0.15, 0.2) is 6.10 Å². The van der Waals surface area contributed by atoms with E-state index in [2.05, 4.69) is 10.3 Å². The number of ketones is 1. The van der Waals surface area contributed by atoms with Crippen molar-refractivity contribution in [3.05, 3.63) is 62.3 Å². The molecular formula is C24H25N3O5S. The summed E-state index contributed by atoms with van der Waals surface area (Å²) < 4.78 is 7.06. The number of aryl methyl sites for hydroxylation is 1. The van der Waals surface area contributed by atoms with Gasteiger partial charge in [0.1, 0.15) is 5.82 Å². The maximum atomic E-state index is 12.9. The number of nitrogens with one attached hydrogen (secondary N) is 1. The van der Waals surface area contributed by atoms with Crippen molar-refractivity contribution < 1.29 is 19.1 Å². The number of para-hydroxylation sites is 1. The number of carbonyl (C=O) groups excluding carboxylic acids is 3. The number of rotatable bonds is 9. The molecule has 2 heterocycles. The number of carbonyl (C=O) groups is 3. The predicted octanol–water partition coefficient (Wildman–Crippen LogP) is 3.18. The van der Waals surface area contributed by atoms with Gasteiger partial charge in [-0.1, -0.05) is 12.1 Å². The number of Topliss-reactive ketones (excluding diaryl/α,β-unsaturated/α-hetero) is 1. The average Bonchev–Trinajstić information content (AvgIpc) is 3.51. The van der Waals surface area contributed by atoms with Crippen LogP contribution in [0.1, 0.15) is 59.5 Å². The molecular weight excluding hydrogens is 442 g/mol. The van der Waals surface area contributed by atoms with Crippen molar-refractivity contribution >= 4 is 39.9 Å². The Balaban J connectivity index is 1.39. The molecule has 172 valence electrons. The van der Waals surface area contributed by atoms with E-state index in [1.165, 1.54) is 18.3 Å². The Morgan fingerprint density at radius 3 is 2.70 bits per heavy atom. The molecule has 1 unspecified atom stereocenters. The summed E-state index contributed by atoms with van der Waals surface area (Å²) in [7, 11) is 0. The molecule has 0 spiro atoms. The Morgan fingerprint density at radius 1 is 1.21 bits per heavy atom. The molecule has 1 aliphatic rings. The van der Waals surface area contributed by atoms with Crippen LogP contribution in [0.4, 0.5) is 0 Å². The fourth-order valence-corrected chi connectivity index (χ4v) is 4.58. The molecule has 9 heteroatoms. The Morgan fingerprint density at radius 2 is 1.97 bits per heavy atom. The summed E-state index contributed by atoms with van der Waals surface area (Å²) in [4.78, 5) is 55.0. The zero-order valence-corrected chi connectivity index (χ0v) is 19.3. The SMILES string of the molecule is CC(=O)NCc1ccc(C(=O)C(C)OC(=O)CCc2nc3ccccc3c(=O)n2C2CC2)s1. The fraction of sp³-hybridized carbons (Fsp3) is 0.375. The van der Waals surface area contributed by atoms with Crippen molar-refractivity contribution in [2.24, 2.45) is 0 Å². The minimum atomic E-state index is -0.931. The van der Waals surface area contributed by atoms with E-state index in [4.69, 9.17) is 4.74 Å². The van der Waals surface area contributed by atoms with Crippen LogP contribution in [0.5, 0.6) is 0 Å². The van der Waals surface area contributed by atoms with Gasteiger partial charge in [-0.05, 0) is 44.0 Å². The zero-order valence-electron chi connectivity index (χ0n) is 18.5. The number of hydrogen-bond donors (Lipinski definition) is 1. The quantitative estimate of drug-likeness (QED) is 0.383. The van der Waals surface area contributed by atoms with Gasteiger partial charge in [-0.3, -0.25) is 23.7 Å². The van der Waals surface area contributed by atoms with Crippen molar-refractivity contribution in [1.29, 1.82) is 0 Å². The fourth-order valence-electron chi connectivity index (χ4n) is 3.62. The van der Waals surface area contributed by atoms with E-state index in [9.17, 15) is 19.2 Å². The standard InChI is InChI=1S/C24H25N3O5S/c1-14(23(30)20-10-9-17(33-20)13-25-15(2)28)32-22(29)12-11-21-26-19-6-4-3-5-18(19)24(31)27(21)16-7-8-16/h3-6,9-10,14,16H,7-8,11-13H2,1-2H3,(H,25,28). The van der Waals surface area contributed by atoms with Gasteiger partial charge in [-0.25, -0.2) is 4.98 Å². The van der Waals surface area contributed by atoms with Crippen LogP contribution in [0, 0.1) is 0 Å². The molecule has 0 saturated heterocycles. The number of aromatic nitrogens is 2. The van der Waals surface area contributed by atoms with Crippen molar-refractivity contribution in [2.45, 2.75) is 58.2 Å². The lowest BCUT2D eigenvalue weighted by atomic mass is 10.2. The van der Waals surface area contributed by atoms with Crippen LogP contribution < -0.4 is 10.9 Å². The summed E-state index contributed by atoms with van der Waals surface area (Å²) in [6, 6.07) is 10.8. The van der Waals surface area contributed by atoms with Crippen LogP contribution >= 0.6 is 11.3 Å². The van der Waals surface area contributed by atoms with Gasteiger partial charge in [-0.2, -0.15) is 0 Å². The van der Waals surface area contributed by atoms with Crippen LogP contribution in [-0.2, 0) is 27.3 Å². The van der Waals surface area contributed by atoms with Crippen LogP contribution in [-0.4, -0.2) is 33.3 Å². The number of fused-ring (bicyclic) bond motifs is 1. The molecule has 8 nitrogen and oxygen atoms in total. The Bertz CT molecular complexity index is 1270. The highest BCUT2D eigenvalue weighted by Gasteiger charge is 2.29. The summed E-state index contributed by atoms with van der Waals surface area (Å²) in [6.45, 7) is 3.32. The van der Waals surface area contributed by atoms with E-state index in [1.807, 2.05) is 12.1 Å². The third kappa shape index (κ3) is 5.36. The third-order valence-electron chi connectivity index (χ3n) is 5.44. The Kier molecular flexibility index (Phi) is 6.69. The molecule has 33 heavy (non-hydrogen) atoms. The average molecular weight is 468 g/mol. The smallest absolute Gasteiger partial charge is 0.306 e. The van der Waals surface area contributed by atoms with Crippen molar-refractivity contribution in [3.8, 4) is 0 Å². The molecule has 1 atom stereocenters. The van der Waals surface area contributed by atoms with Gasteiger partial charge in [0.05, 0.1) is 28.7 Å². The van der Waals surface area contributed by atoms with Crippen molar-refractivity contribution in [2.75, 3.05) is 0 Å². The van der Waals surface area contributed by atoms with E-state index >= 15 is 0 Å². The minimum absolute atomic E-state index is 0.0212. The van der Waals surface area contributed by atoms with Gasteiger partial charge < -0.3 is 10.1 Å². The highest BCUT2D eigenvalue weighted by molar-refractivity contribution is 7.14. The maximum absolute atomic E-state index is 12.9. The van der Waals surface area contributed by atoms with E-state index in [0.717, 1.165) is 17.7 Å². The third-order valence-corrected chi connectivity index (χ3v) is 6.54. The molecule has 2 aromatic heterocycles. The second-order valence-electron chi connectivity index (χ2n) is 8.12. The van der Waals surface area contributed by atoms with Gasteiger partial charge in [0.25, 0.3) is 5.56 Å². The van der Waals surface area contributed by atoms with Gasteiger partial charge in [-0.15, -0.1) is 11.3 Å². The second kappa shape index (κ2) is 9.66. The number of thiophene rings is 1. The van der Waals surface area contributed by atoms with E-state index in [1.54, 1.807) is 35.8 Å². The highest BCUT2D eigenvalue weighted by Crippen LogP contribution is 2.35. The predicted molar refractivity (Wildman–Crippen MR) is 124 cm³/mol. The number of nitrogens with zero attached hydrogens (tertiary/aromatic N) is 2. The summed E-state index contributed by atoms with van der Waals surface area (Å²) in [5, 5.41) is 3.26. The topological polar surface area (TPSA) is 107 Å². The zero-order chi connectivity index (χ0) is 23.5. The van der Waals surface area contributed by atoms with E-state index < -0.39 is 12.1 Å². The van der Waals surface area contributed by atoms with Gasteiger partial charge in [0.2, 0.25) is 11.7 Å². The summed E-state index contributed by atoms with van der Waals surface area (Å²) in [5.74, 6) is -0.388. The molecule has 1 aliphatic carbocycles. The monoisotopic (exact) mass is 467 g/mol. The molecule has 1 aromatic carbocycles. The summed E-state index contributed by atoms with van der Waals surface area (Å²) in [5.41, 5.74) is 0.529. The molecule has 0 bridgehead atoms. The maximum Gasteiger partial charge on any atom is 0.306 e. The first kappa shape index (κ1) is 22.8. The van der Waals surface area contributed by atoms with Crippen LogP contribution in [0.15, 0.2) is 41.2 Å². The number of benzene rings is 1. The molecule has 1 saturated carbocycles.